The Morgan fingerprint density at radius 2 is 2.12 bits per heavy atom. The lowest BCUT2D eigenvalue weighted by Crippen LogP contribution is -2.42. The molecular weight excluding hydrogens is 210 g/mol. The van der Waals surface area contributed by atoms with Gasteiger partial charge in [-0.25, -0.2) is 0 Å². The highest BCUT2D eigenvalue weighted by molar-refractivity contribution is 5.41. The number of nitrogens with one attached hydrogen (secondary N) is 1. The summed E-state index contributed by atoms with van der Waals surface area (Å²) >= 11 is 0. The van der Waals surface area contributed by atoms with Gasteiger partial charge in [0, 0.05) is 12.0 Å². The van der Waals surface area contributed by atoms with E-state index in [-0.39, 0.29) is 0 Å². The first-order valence-electron chi connectivity index (χ1n) is 6.58. The molecule has 2 nitrogen and oxygen atoms in total. The molecule has 2 heteroatoms. The molecule has 0 aliphatic heterocycles. The summed E-state index contributed by atoms with van der Waals surface area (Å²) in [6.45, 7) is 3.27. The summed E-state index contributed by atoms with van der Waals surface area (Å²) in [7, 11) is 3.80. The Bertz CT molecular complexity index is 383. The highest BCUT2D eigenvalue weighted by Gasteiger charge is 2.38. The van der Waals surface area contributed by atoms with Crippen LogP contribution in [0.15, 0.2) is 18.2 Å². The minimum atomic E-state index is 0.380. The van der Waals surface area contributed by atoms with Crippen LogP contribution in [0.3, 0.4) is 0 Å². The smallest absolute Gasteiger partial charge is 0.122 e. The number of hydrogen-bond donors (Lipinski definition) is 1. The maximum absolute atomic E-state index is 5.40. The highest BCUT2D eigenvalue weighted by atomic mass is 16.5. The lowest BCUT2D eigenvalue weighted by atomic mass is 9.64. The molecule has 0 amide bonds. The van der Waals surface area contributed by atoms with Crippen LogP contribution in [-0.4, -0.2) is 20.7 Å². The first kappa shape index (κ1) is 12.4. The second-order valence-electron chi connectivity index (χ2n) is 5.04. The Morgan fingerprint density at radius 3 is 2.59 bits per heavy atom. The maximum Gasteiger partial charge on any atom is 0.122 e. The Labute approximate surface area is 104 Å². The number of hydrogen-bond acceptors (Lipinski definition) is 2. The van der Waals surface area contributed by atoms with E-state index in [0.29, 0.717) is 5.41 Å². The van der Waals surface area contributed by atoms with E-state index in [1.807, 2.05) is 7.05 Å². The van der Waals surface area contributed by atoms with Gasteiger partial charge < -0.3 is 10.1 Å². The van der Waals surface area contributed by atoms with E-state index in [9.17, 15) is 0 Å². The van der Waals surface area contributed by atoms with Crippen LogP contribution >= 0.6 is 0 Å². The van der Waals surface area contributed by atoms with Gasteiger partial charge in [0.25, 0.3) is 0 Å². The SMILES string of the molecule is CCc1cc(C2(CNC)CCC2)ccc1OC. The molecule has 1 aliphatic rings. The van der Waals surface area contributed by atoms with Crippen molar-refractivity contribution in [3.8, 4) is 5.75 Å². The lowest BCUT2D eigenvalue weighted by molar-refractivity contribution is 0.238. The third-order valence-corrected chi connectivity index (χ3v) is 4.10. The zero-order chi connectivity index (χ0) is 12.3. The van der Waals surface area contributed by atoms with Crippen LogP contribution in [0.5, 0.6) is 5.75 Å². The Balaban J connectivity index is 2.32. The summed E-state index contributed by atoms with van der Waals surface area (Å²) in [6.07, 6.45) is 5.01. The summed E-state index contributed by atoms with van der Waals surface area (Å²) < 4.78 is 5.40. The number of rotatable bonds is 5. The first-order chi connectivity index (χ1) is 8.25. The maximum atomic E-state index is 5.40. The predicted molar refractivity (Wildman–Crippen MR) is 71.8 cm³/mol. The van der Waals surface area contributed by atoms with Crippen molar-refractivity contribution in [3.05, 3.63) is 29.3 Å². The van der Waals surface area contributed by atoms with Gasteiger partial charge in [0.05, 0.1) is 7.11 Å². The van der Waals surface area contributed by atoms with Crippen LogP contribution in [0.4, 0.5) is 0 Å². The second-order valence-corrected chi connectivity index (χ2v) is 5.04. The van der Waals surface area contributed by atoms with Crippen molar-refractivity contribution < 1.29 is 4.74 Å². The van der Waals surface area contributed by atoms with Crippen LogP contribution < -0.4 is 10.1 Å². The molecule has 1 saturated carbocycles. The molecule has 0 aromatic heterocycles. The quantitative estimate of drug-likeness (QED) is 0.844. The van der Waals surface area contributed by atoms with Crippen LogP contribution in [0.2, 0.25) is 0 Å². The molecule has 0 heterocycles. The van der Waals surface area contributed by atoms with Crippen molar-refractivity contribution >= 4 is 0 Å². The number of benzene rings is 1. The topological polar surface area (TPSA) is 21.3 Å². The molecule has 1 N–H and O–H groups in total. The van der Waals surface area contributed by atoms with Crippen molar-refractivity contribution in [2.45, 2.75) is 38.0 Å². The largest absolute Gasteiger partial charge is 0.496 e. The zero-order valence-electron chi connectivity index (χ0n) is 11.2. The standard InChI is InChI=1S/C15H23NO/c1-4-12-10-13(6-7-14(12)17-3)15(11-16-2)8-5-9-15/h6-7,10,16H,4-5,8-9,11H2,1-3H3. The average molecular weight is 233 g/mol. The highest BCUT2D eigenvalue weighted by Crippen LogP contribution is 2.44. The van der Waals surface area contributed by atoms with Gasteiger partial charge in [-0.05, 0) is 43.5 Å². The molecule has 1 aromatic carbocycles. The number of methoxy groups -OCH3 is 1. The van der Waals surface area contributed by atoms with Crippen LogP contribution in [0.25, 0.3) is 0 Å². The van der Waals surface area contributed by atoms with E-state index in [2.05, 4.69) is 30.4 Å². The minimum absolute atomic E-state index is 0.380. The molecular formula is C15H23NO. The van der Waals surface area contributed by atoms with Gasteiger partial charge in [-0.1, -0.05) is 25.5 Å². The summed E-state index contributed by atoms with van der Waals surface area (Å²) in [5.41, 5.74) is 3.19. The van der Waals surface area contributed by atoms with E-state index in [1.165, 1.54) is 30.4 Å². The molecule has 94 valence electrons. The third-order valence-electron chi connectivity index (χ3n) is 4.10. The van der Waals surface area contributed by atoms with Crippen molar-refractivity contribution in [3.63, 3.8) is 0 Å². The lowest BCUT2D eigenvalue weighted by Gasteiger charge is -2.42. The molecule has 1 aromatic rings. The van der Waals surface area contributed by atoms with Crippen molar-refractivity contribution in [1.29, 1.82) is 0 Å². The zero-order valence-corrected chi connectivity index (χ0v) is 11.2. The fourth-order valence-corrected chi connectivity index (χ4v) is 2.89. The number of ether oxygens (including phenoxy) is 1. The summed E-state index contributed by atoms with van der Waals surface area (Å²) in [4.78, 5) is 0. The van der Waals surface area contributed by atoms with Gasteiger partial charge in [-0.2, -0.15) is 0 Å². The Hall–Kier alpha value is -1.02. The van der Waals surface area contributed by atoms with E-state index in [1.54, 1.807) is 7.11 Å². The van der Waals surface area contributed by atoms with Gasteiger partial charge in [0.1, 0.15) is 5.75 Å². The van der Waals surface area contributed by atoms with Gasteiger partial charge >= 0.3 is 0 Å². The summed E-state index contributed by atoms with van der Waals surface area (Å²) in [6, 6.07) is 6.72. The predicted octanol–water partition coefficient (Wildman–Crippen LogP) is 2.90. The van der Waals surface area contributed by atoms with E-state index in [4.69, 9.17) is 4.74 Å². The fraction of sp³-hybridized carbons (Fsp3) is 0.600. The molecule has 0 saturated heterocycles. The van der Waals surface area contributed by atoms with E-state index in [0.717, 1.165) is 18.7 Å². The summed E-state index contributed by atoms with van der Waals surface area (Å²) in [5, 5.41) is 3.34. The molecule has 17 heavy (non-hydrogen) atoms. The van der Waals surface area contributed by atoms with Crippen LogP contribution in [-0.2, 0) is 11.8 Å². The number of likely N-dealkylation sites (N-methyl/N-ethyl adjacent to an activating group) is 1. The van der Waals surface area contributed by atoms with Crippen molar-refractivity contribution in [2.24, 2.45) is 0 Å². The Kier molecular flexibility index (Phi) is 3.72. The molecule has 2 rings (SSSR count). The Morgan fingerprint density at radius 1 is 1.35 bits per heavy atom. The third kappa shape index (κ3) is 2.19. The van der Waals surface area contributed by atoms with Gasteiger partial charge in [0.2, 0.25) is 0 Å². The summed E-state index contributed by atoms with van der Waals surface area (Å²) in [5.74, 6) is 1.02. The van der Waals surface area contributed by atoms with E-state index < -0.39 is 0 Å². The number of aryl methyl sites for hydroxylation is 1. The first-order valence-corrected chi connectivity index (χ1v) is 6.58. The molecule has 0 spiro atoms. The molecule has 0 atom stereocenters. The van der Waals surface area contributed by atoms with Gasteiger partial charge in [-0.15, -0.1) is 0 Å². The molecule has 0 radical (unpaired) electrons. The second kappa shape index (κ2) is 5.09. The average Bonchev–Trinajstić information content (AvgIpc) is 2.33. The minimum Gasteiger partial charge on any atom is -0.496 e. The molecule has 0 bridgehead atoms. The molecule has 1 aliphatic carbocycles. The van der Waals surface area contributed by atoms with Crippen molar-refractivity contribution in [1.82, 2.24) is 5.32 Å². The normalized spacial score (nSPS) is 17.6. The van der Waals surface area contributed by atoms with E-state index >= 15 is 0 Å². The fourth-order valence-electron chi connectivity index (χ4n) is 2.89. The van der Waals surface area contributed by atoms with Gasteiger partial charge in [-0.3, -0.25) is 0 Å². The monoisotopic (exact) mass is 233 g/mol. The van der Waals surface area contributed by atoms with Crippen molar-refractivity contribution in [2.75, 3.05) is 20.7 Å². The molecule has 0 unspecified atom stereocenters. The van der Waals surface area contributed by atoms with Crippen LogP contribution in [0, 0.1) is 0 Å². The van der Waals surface area contributed by atoms with Gasteiger partial charge in [0.15, 0.2) is 0 Å². The molecule has 1 fully saturated rings. The van der Waals surface area contributed by atoms with Crippen LogP contribution in [0.1, 0.15) is 37.3 Å².